The van der Waals surface area contributed by atoms with E-state index in [0.29, 0.717) is 23.1 Å². The van der Waals surface area contributed by atoms with Crippen molar-refractivity contribution >= 4 is 35.2 Å². The summed E-state index contributed by atoms with van der Waals surface area (Å²) in [7, 11) is 0. The van der Waals surface area contributed by atoms with Crippen LogP contribution in [0.4, 0.5) is 5.69 Å². The number of carbonyl (C=O) groups excluding carboxylic acids is 2. The Morgan fingerprint density at radius 2 is 1.89 bits per heavy atom. The number of ether oxygens (including phenoxy) is 2. The first-order chi connectivity index (χ1) is 17.4. The highest BCUT2D eigenvalue weighted by Crippen LogP contribution is 2.35. The van der Waals surface area contributed by atoms with E-state index in [1.807, 2.05) is 43.3 Å². The normalized spacial score (nSPS) is 14.7. The molecule has 0 aromatic heterocycles. The van der Waals surface area contributed by atoms with Crippen molar-refractivity contribution in [1.29, 1.82) is 0 Å². The van der Waals surface area contributed by atoms with Gasteiger partial charge < -0.3 is 14.8 Å². The zero-order chi connectivity index (χ0) is 25.5. The third-order valence-electron chi connectivity index (χ3n) is 5.80. The summed E-state index contributed by atoms with van der Waals surface area (Å²) in [4.78, 5) is 27.7. The number of para-hydroxylation sites is 2. The topological polar surface area (TPSA) is 67.9 Å². The summed E-state index contributed by atoms with van der Waals surface area (Å²) in [5, 5.41) is 3.54. The van der Waals surface area contributed by atoms with E-state index in [0.717, 1.165) is 29.7 Å². The number of hydrogen-bond acceptors (Lipinski definition) is 4. The van der Waals surface area contributed by atoms with Crippen molar-refractivity contribution in [2.24, 2.45) is 0 Å². The summed E-state index contributed by atoms with van der Waals surface area (Å²) in [6.45, 7) is 4.57. The Balaban J connectivity index is 1.47. The average Bonchev–Trinajstić information content (AvgIpc) is 2.87. The van der Waals surface area contributed by atoms with Crippen molar-refractivity contribution in [2.75, 3.05) is 18.1 Å². The number of anilines is 1. The van der Waals surface area contributed by atoms with Crippen LogP contribution in [0.1, 0.15) is 43.9 Å². The molecule has 0 spiro atoms. The van der Waals surface area contributed by atoms with Gasteiger partial charge in [-0.2, -0.15) is 0 Å². The van der Waals surface area contributed by atoms with Gasteiger partial charge in [0.15, 0.2) is 11.5 Å². The number of amides is 2. The summed E-state index contributed by atoms with van der Waals surface area (Å²) < 4.78 is 11.6. The molecule has 36 heavy (non-hydrogen) atoms. The lowest BCUT2D eigenvalue weighted by molar-refractivity contribution is -0.123. The first kappa shape index (κ1) is 25.3. The van der Waals surface area contributed by atoms with Gasteiger partial charge in [0.2, 0.25) is 5.91 Å². The molecule has 4 rings (SSSR count). The largest absolute Gasteiger partial charge is 0.494 e. The quantitative estimate of drug-likeness (QED) is 0.280. The Morgan fingerprint density at radius 3 is 2.64 bits per heavy atom. The molecule has 1 heterocycles. The number of hydrogen-bond donors (Lipinski definition) is 1. The minimum atomic E-state index is -0.398. The van der Waals surface area contributed by atoms with E-state index in [4.69, 9.17) is 21.1 Å². The van der Waals surface area contributed by atoms with Gasteiger partial charge in [-0.1, -0.05) is 61.3 Å². The second-order valence-corrected chi connectivity index (χ2v) is 9.02. The molecule has 0 unspecified atom stereocenters. The van der Waals surface area contributed by atoms with Crippen LogP contribution in [-0.4, -0.2) is 25.0 Å². The fourth-order valence-electron chi connectivity index (χ4n) is 3.87. The minimum absolute atomic E-state index is 0.121. The number of benzene rings is 3. The maximum atomic E-state index is 13.3. The molecule has 6 nitrogen and oxygen atoms in total. The van der Waals surface area contributed by atoms with Crippen LogP contribution in [0.15, 0.2) is 78.6 Å². The Kier molecular flexibility index (Phi) is 8.28. The molecule has 0 radical (unpaired) electrons. The van der Waals surface area contributed by atoms with Crippen LogP contribution in [-0.2, 0) is 9.59 Å². The second-order valence-electron chi connectivity index (χ2n) is 8.58. The van der Waals surface area contributed by atoms with Crippen LogP contribution in [0, 0.1) is 0 Å². The Bertz CT molecular complexity index is 1260. The third-order valence-corrected chi connectivity index (χ3v) is 6.04. The average molecular weight is 505 g/mol. The molecule has 3 aromatic carbocycles. The number of rotatable bonds is 9. The van der Waals surface area contributed by atoms with Gasteiger partial charge in [-0.05, 0) is 66.9 Å². The van der Waals surface area contributed by atoms with E-state index in [2.05, 4.69) is 12.2 Å². The van der Waals surface area contributed by atoms with Crippen molar-refractivity contribution in [3.63, 3.8) is 0 Å². The molecule has 0 saturated carbocycles. The monoisotopic (exact) mass is 504 g/mol. The molecule has 1 N–H and O–H groups in total. The Hall–Kier alpha value is -3.77. The van der Waals surface area contributed by atoms with Crippen LogP contribution in [0.2, 0.25) is 5.02 Å². The highest BCUT2D eigenvalue weighted by atomic mass is 35.5. The molecular weight excluding hydrogens is 476 g/mol. The van der Waals surface area contributed by atoms with E-state index in [9.17, 15) is 9.59 Å². The zero-order valence-electron chi connectivity index (χ0n) is 20.4. The molecule has 3 aromatic rings. The number of carbonyl (C=O) groups is 2. The molecule has 186 valence electrons. The van der Waals surface area contributed by atoms with Crippen molar-refractivity contribution in [3.05, 3.63) is 94.7 Å². The molecule has 1 aliphatic rings. The second kappa shape index (κ2) is 11.8. The number of nitrogens with one attached hydrogen (secondary N) is 1. The van der Waals surface area contributed by atoms with Gasteiger partial charge in [0.25, 0.3) is 5.91 Å². The van der Waals surface area contributed by atoms with Crippen molar-refractivity contribution in [2.45, 2.75) is 32.7 Å². The maximum Gasteiger partial charge on any atom is 0.294 e. The summed E-state index contributed by atoms with van der Waals surface area (Å²) in [5.74, 6) is 0.753. The summed E-state index contributed by atoms with van der Waals surface area (Å²) in [6.07, 6.45) is 3.71. The van der Waals surface area contributed by atoms with Crippen molar-refractivity contribution in [3.8, 4) is 11.5 Å². The van der Waals surface area contributed by atoms with Crippen LogP contribution >= 0.6 is 11.6 Å². The number of halogens is 1. The van der Waals surface area contributed by atoms with Crippen LogP contribution < -0.4 is 19.7 Å². The first-order valence-corrected chi connectivity index (χ1v) is 12.4. The van der Waals surface area contributed by atoms with Gasteiger partial charge in [0.1, 0.15) is 12.3 Å². The molecule has 7 heteroatoms. The van der Waals surface area contributed by atoms with Gasteiger partial charge in [-0.25, -0.2) is 0 Å². The fourth-order valence-corrected chi connectivity index (χ4v) is 4.07. The van der Waals surface area contributed by atoms with Crippen molar-refractivity contribution in [1.82, 2.24) is 5.32 Å². The molecule has 0 bridgehead atoms. The van der Waals surface area contributed by atoms with E-state index in [1.165, 1.54) is 4.90 Å². The first-order valence-electron chi connectivity index (χ1n) is 12.0. The lowest BCUT2D eigenvalue weighted by Crippen LogP contribution is -2.44. The smallest absolute Gasteiger partial charge is 0.294 e. The van der Waals surface area contributed by atoms with E-state index in [1.54, 1.807) is 42.5 Å². The van der Waals surface area contributed by atoms with Gasteiger partial charge in [0, 0.05) is 5.02 Å². The fraction of sp³-hybridized carbons (Fsp3) is 0.241. The number of nitrogens with zero attached hydrogens (tertiary/aromatic N) is 1. The molecule has 0 aliphatic carbocycles. The van der Waals surface area contributed by atoms with Gasteiger partial charge in [-0.3, -0.25) is 14.5 Å². The molecule has 1 atom stereocenters. The molecule has 0 saturated heterocycles. The molecule has 0 fully saturated rings. The lowest BCUT2D eigenvalue weighted by atomic mass is 10.1. The highest BCUT2D eigenvalue weighted by molar-refractivity contribution is 6.30. The highest BCUT2D eigenvalue weighted by Gasteiger charge is 2.31. The lowest BCUT2D eigenvalue weighted by Gasteiger charge is -2.30. The van der Waals surface area contributed by atoms with Crippen LogP contribution in [0.25, 0.3) is 6.08 Å². The van der Waals surface area contributed by atoms with Gasteiger partial charge >= 0.3 is 0 Å². The zero-order valence-corrected chi connectivity index (χ0v) is 21.1. The van der Waals surface area contributed by atoms with Crippen LogP contribution in [0.5, 0.6) is 11.5 Å². The Morgan fingerprint density at radius 1 is 1.11 bits per heavy atom. The Labute approximate surface area is 216 Å². The van der Waals surface area contributed by atoms with Gasteiger partial charge in [-0.15, -0.1) is 0 Å². The third kappa shape index (κ3) is 6.26. The summed E-state index contributed by atoms with van der Waals surface area (Å²) in [6, 6.07) is 21.7. The predicted molar refractivity (Wildman–Crippen MR) is 142 cm³/mol. The molecular formula is C29H29ClN2O4. The number of unbranched alkanes of at least 4 members (excludes halogenated alkanes) is 1. The van der Waals surface area contributed by atoms with Crippen LogP contribution in [0.3, 0.4) is 0 Å². The minimum Gasteiger partial charge on any atom is -0.494 e. The van der Waals surface area contributed by atoms with E-state index < -0.39 is 5.91 Å². The standard InChI is InChI=1S/C29H29ClN2O4/c1-3-4-16-35-24-14-12-22(13-15-24)20(2)31-28(33)19-32-25-10-5-6-11-26(25)36-27(29(32)34)18-21-8-7-9-23(30)17-21/h5-15,17-18,20H,3-4,16,19H2,1-2H3,(H,31,33)/b27-18+/t20-/m1/s1. The van der Waals surface area contributed by atoms with Crippen molar-refractivity contribution < 1.29 is 19.1 Å². The van der Waals surface area contributed by atoms with E-state index in [-0.39, 0.29) is 24.3 Å². The maximum absolute atomic E-state index is 13.3. The number of fused-ring (bicyclic) bond motifs is 1. The molecule has 2 amide bonds. The molecule has 1 aliphatic heterocycles. The van der Waals surface area contributed by atoms with Gasteiger partial charge in [0.05, 0.1) is 18.3 Å². The SMILES string of the molecule is CCCCOc1ccc([C@@H](C)NC(=O)CN2C(=O)/C(=C\c3cccc(Cl)c3)Oc3ccccc32)cc1. The predicted octanol–water partition coefficient (Wildman–Crippen LogP) is 6.16. The summed E-state index contributed by atoms with van der Waals surface area (Å²) in [5.41, 5.74) is 2.22. The summed E-state index contributed by atoms with van der Waals surface area (Å²) >= 11 is 6.09. The van der Waals surface area contributed by atoms with E-state index >= 15 is 0 Å².